The zero-order chi connectivity index (χ0) is 16.4. The van der Waals surface area contributed by atoms with E-state index in [1.54, 1.807) is 0 Å². The normalized spacial score (nSPS) is 20.1. The highest BCUT2D eigenvalue weighted by molar-refractivity contribution is 5.69. The van der Waals surface area contributed by atoms with Gasteiger partial charge in [0.25, 0.3) is 0 Å². The third-order valence-electron chi connectivity index (χ3n) is 1.30. The van der Waals surface area contributed by atoms with E-state index in [4.69, 9.17) is 18.1 Å². The topological polar surface area (TPSA) is 63.6 Å². The van der Waals surface area contributed by atoms with Crippen LogP contribution < -0.4 is 12.4 Å². The van der Waals surface area contributed by atoms with E-state index in [1.165, 1.54) is 0 Å². The molecule has 0 saturated heterocycles. The molecule has 0 radical (unpaired) electrons. The highest BCUT2D eigenvalue weighted by Crippen LogP contribution is 2.04. The molecular formula is C9H18ClNO4. The number of esters is 1. The molecule has 0 rings (SSSR count). The first kappa shape index (κ1) is 7.46. The summed E-state index contributed by atoms with van der Waals surface area (Å²) in [5.41, 5.74) is 0. The number of nitrogens with zero attached hydrogens (tertiary/aromatic N) is 1. The van der Waals surface area contributed by atoms with Gasteiger partial charge < -0.3 is 26.7 Å². The maximum absolute atomic E-state index is 10.9. The summed E-state index contributed by atoms with van der Waals surface area (Å²) < 4.78 is 47.5. The molecule has 90 valence electrons. The van der Waals surface area contributed by atoms with Gasteiger partial charge in [0.05, 0.1) is 35.6 Å². The average Bonchev–Trinajstić information content (AvgIpc) is 2.10. The number of rotatable bonds is 5. The van der Waals surface area contributed by atoms with E-state index >= 15 is 0 Å². The molecule has 0 bridgehead atoms. The van der Waals surface area contributed by atoms with Gasteiger partial charge >= 0.3 is 11.9 Å². The van der Waals surface area contributed by atoms with Gasteiger partial charge in [-0.15, -0.1) is 0 Å². The zero-order valence-corrected chi connectivity index (χ0v) is 9.24. The largest absolute Gasteiger partial charge is 1.00 e. The Morgan fingerprint density at radius 3 is 2.40 bits per heavy atom. The minimum absolute atomic E-state index is 0. The molecule has 0 fully saturated rings. The molecule has 0 saturated carbocycles. The maximum atomic E-state index is 10.9. The molecule has 0 heterocycles. The van der Waals surface area contributed by atoms with E-state index in [0.29, 0.717) is 0 Å². The van der Waals surface area contributed by atoms with Gasteiger partial charge in [-0.25, -0.2) is 0 Å². The Morgan fingerprint density at radius 2 is 2.07 bits per heavy atom. The van der Waals surface area contributed by atoms with Crippen molar-refractivity contribution in [2.75, 3.05) is 27.5 Å². The molecule has 1 N–H and O–H groups in total. The summed E-state index contributed by atoms with van der Waals surface area (Å²) in [4.78, 5) is 21.6. The third-order valence-corrected chi connectivity index (χ3v) is 1.30. The molecule has 0 amide bonds. The standard InChI is InChI=1S/C9H17NO4.ClH/c1-7(11)14-8(5-9(12)13)6-10(2,3)4;/h8H,5-6H2,1-4H3;1H/t8-;/m1./s1/i2D3,3D3;. The van der Waals surface area contributed by atoms with Crippen molar-refractivity contribution in [3.05, 3.63) is 0 Å². The van der Waals surface area contributed by atoms with Crippen LogP contribution in [0.25, 0.3) is 0 Å². The second-order valence-electron chi connectivity index (χ2n) is 3.20. The van der Waals surface area contributed by atoms with Crippen molar-refractivity contribution in [3.8, 4) is 0 Å². The number of hydrogen-bond donors (Lipinski definition) is 1. The number of hydrogen-bond acceptors (Lipinski definition) is 3. The van der Waals surface area contributed by atoms with E-state index in [1.807, 2.05) is 0 Å². The quantitative estimate of drug-likeness (QED) is 0.417. The van der Waals surface area contributed by atoms with Crippen LogP contribution in [-0.4, -0.2) is 55.2 Å². The summed E-state index contributed by atoms with van der Waals surface area (Å²) in [6.45, 7) is -5.45. The maximum Gasteiger partial charge on any atom is 0.307 e. The van der Waals surface area contributed by atoms with Crippen LogP contribution in [0.1, 0.15) is 21.6 Å². The monoisotopic (exact) mass is 245 g/mol. The molecule has 0 aromatic carbocycles. The van der Waals surface area contributed by atoms with Crippen LogP contribution in [0, 0.1) is 0 Å². The Balaban J connectivity index is 0. The van der Waals surface area contributed by atoms with Crippen molar-refractivity contribution in [1.29, 1.82) is 0 Å². The van der Waals surface area contributed by atoms with Crippen LogP contribution in [-0.2, 0) is 14.3 Å². The highest BCUT2D eigenvalue weighted by atomic mass is 35.5. The molecule has 5 nitrogen and oxygen atoms in total. The van der Waals surface area contributed by atoms with Crippen molar-refractivity contribution in [2.45, 2.75) is 19.4 Å². The van der Waals surface area contributed by atoms with Gasteiger partial charge in [0.15, 0.2) is 6.10 Å². The number of carboxylic acids is 1. The predicted molar refractivity (Wildman–Crippen MR) is 50.7 cm³/mol. The van der Waals surface area contributed by atoms with Gasteiger partial charge in [-0.3, -0.25) is 9.59 Å². The number of carboxylic acid groups (broad SMARTS) is 1. The predicted octanol–water partition coefficient (Wildman–Crippen LogP) is -2.90. The molecule has 1 atom stereocenters. The Kier molecular flexibility index (Phi) is 3.30. The minimum atomic E-state index is -2.91. The van der Waals surface area contributed by atoms with Crippen LogP contribution in [0.5, 0.6) is 0 Å². The number of ether oxygens (including phenoxy) is 1. The van der Waals surface area contributed by atoms with Crippen LogP contribution in [0.2, 0.25) is 0 Å². The van der Waals surface area contributed by atoms with Crippen molar-refractivity contribution in [3.63, 3.8) is 0 Å². The van der Waals surface area contributed by atoms with E-state index in [9.17, 15) is 9.59 Å². The fraction of sp³-hybridized carbons (Fsp3) is 0.778. The second-order valence-corrected chi connectivity index (χ2v) is 3.20. The SMILES string of the molecule is [2H]C([2H])([2H])[N+](C)(C[C@@H](CC(=O)O)OC(C)=O)C([2H])([2H])[2H].[Cl-]. The fourth-order valence-electron chi connectivity index (χ4n) is 0.980. The number of halogens is 1. The summed E-state index contributed by atoms with van der Waals surface area (Å²) in [6, 6.07) is 0. The first-order chi connectivity index (χ1) is 8.70. The molecule has 0 aromatic rings. The van der Waals surface area contributed by atoms with Gasteiger partial charge in [0.1, 0.15) is 6.54 Å². The van der Waals surface area contributed by atoms with Gasteiger partial charge in [-0.1, -0.05) is 0 Å². The zero-order valence-electron chi connectivity index (χ0n) is 14.5. The number of likely N-dealkylation sites (N-methyl/N-ethyl adjacent to an activating group) is 1. The smallest absolute Gasteiger partial charge is 0.307 e. The molecule has 0 aliphatic carbocycles. The van der Waals surface area contributed by atoms with Crippen LogP contribution in [0.3, 0.4) is 0 Å². The summed E-state index contributed by atoms with van der Waals surface area (Å²) in [5.74, 6) is -2.13. The van der Waals surface area contributed by atoms with Gasteiger partial charge in [0, 0.05) is 6.92 Å². The van der Waals surface area contributed by atoms with Crippen LogP contribution in [0.4, 0.5) is 0 Å². The first-order valence-electron chi connectivity index (χ1n) is 6.95. The van der Waals surface area contributed by atoms with Gasteiger partial charge in [-0.2, -0.15) is 0 Å². The molecular weight excluding hydrogens is 222 g/mol. The molecule has 0 aromatic heterocycles. The van der Waals surface area contributed by atoms with Crippen molar-refractivity contribution in [1.82, 2.24) is 0 Å². The van der Waals surface area contributed by atoms with Gasteiger partial charge in [0.2, 0.25) is 0 Å². The number of carbonyl (C=O) groups excluding carboxylic acids is 1. The Bertz CT molecular complexity index is 353. The lowest BCUT2D eigenvalue weighted by Crippen LogP contribution is -3.00. The number of aliphatic carboxylic acids is 1. The Morgan fingerprint density at radius 1 is 1.53 bits per heavy atom. The van der Waals surface area contributed by atoms with E-state index in [0.717, 1.165) is 14.0 Å². The molecule has 6 heteroatoms. The Hall–Kier alpha value is -0.810. The molecule has 0 aliphatic heterocycles. The van der Waals surface area contributed by atoms with Crippen LogP contribution >= 0.6 is 0 Å². The minimum Gasteiger partial charge on any atom is -1.00 e. The lowest BCUT2D eigenvalue weighted by molar-refractivity contribution is -0.873. The first-order valence-corrected chi connectivity index (χ1v) is 3.95. The molecule has 0 spiro atoms. The average molecular weight is 246 g/mol. The summed E-state index contributed by atoms with van der Waals surface area (Å²) in [6.07, 6.45) is -2.00. The van der Waals surface area contributed by atoms with E-state index in [-0.39, 0.29) is 12.4 Å². The van der Waals surface area contributed by atoms with Crippen molar-refractivity contribution in [2.24, 2.45) is 0 Å². The third kappa shape index (κ3) is 11.1. The van der Waals surface area contributed by atoms with Crippen molar-refractivity contribution < 1.29 is 44.5 Å². The lowest BCUT2D eigenvalue weighted by Gasteiger charge is -2.28. The fourth-order valence-corrected chi connectivity index (χ4v) is 0.980. The summed E-state index contributed by atoms with van der Waals surface area (Å²) in [7, 11) is 0.957. The Labute approximate surface area is 104 Å². The highest BCUT2D eigenvalue weighted by Gasteiger charge is 2.23. The lowest BCUT2D eigenvalue weighted by atomic mass is 10.2. The van der Waals surface area contributed by atoms with E-state index < -0.39 is 49.4 Å². The molecule has 15 heavy (non-hydrogen) atoms. The molecule has 0 unspecified atom stereocenters. The summed E-state index contributed by atoms with van der Waals surface area (Å²) >= 11 is 0. The second kappa shape index (κ2) is 6.63. The van der Waals surface area contributed by atoms with Gasteiger partial charge in [-0.05, 0) is 0 Å². The number of quaternary nitrogens is 1. The number of carbonyl (C=O) groups is 2. The van der Waals surface area contributed by atoms with Crippen LogP contribution in [0.15, 0.2) is 0 Å². The molecule has 0 aliphatic rings. The summed E-state index contributed by atoms with van der Waals surface area (Å²) in [5, 5.41) is 8.72. The van der Waals surface area contributed by atoms with E-state index in [2.05, 4.69) is 0 Å². The van der Waals surface area contributed by atoms with Crippen molar-refractivity contribution >= 4 is 11.9 Å².